The van der Waals surface area contributed by atoms with Gasteiger partial charge in [0.15, 0.2) is 6.29 Å². The zero-order valence-corrected chi connectivity index (χ0v) is 8.18. The summed E-state index contributed by atoms with van der Waals surface area (Å²) in [5.74, 6) is 0.513. The van der Waals surface area contributed by atoms with Crippen molar-refractivity contribution in [2.45, 2.75) is 18.8 Å². The van der Waals surface area contributed by atoms with Crippen LogP contribution in [0.1, 0.15) is 34.0 Å². The van der Waals surface area contributed by atoms with Gasteiger partial charge in [0.2, 0.25) is 0 Å². The minimum atomic E-state index is 0.513. The van der Waals surface area contributed by atoms with Crippen LogP contribution in [-0.4, -0.2) is 19.5 Å². The van der Waals surface area contributed by atoms with Gasteiger partial charge in [0, 0.05) is 12.5 Å². The Labute approximate surface area is 81.5 Å². The number of hydrogen-bond acceptors (Lipinski definition) is 3. The maximum absolute atomic E-state index is 10.5. The van der Waals surface area contributed by atoms with E-state index in [0.717, 1.165) is 30.8 Å². The van der Waals surface area contributed by atoms with E-state index < -0.39 is 0 Å². The van der Waals surface area contributed by atoms with E-state index in [1.807, 2.05) is 6.07 Å². The van der Waals surface area contributed by atoms with E-state index in [1.54, 1.807) is 0 Å². The van der Waals surface area contributed by atoms with Crippen LogP contribution in [0.4, 0.5) is 0 Å². The van der Waals surface area contributed by atoms with Gasteiger partial charge in [-0.2, -0.15) is 0 Å². The van der Waals surface area contributed by atoms with Gasteiger partial charge in [-0.3, -0.25) is 4.79 Å². The van der Waals surface area contributed by atoms with Crippen LogP contribution in [0.5, 0.6) is 0 Å². The van der Waals surface area contributed by atoms with Crippen molar-refractivity contribution in [1.29, 1.82) is 0 Å². The molecule has 0 radical (unpaired) electrons. The molecular weight excluding hydrogens is 184 g/mol. The highest BCUT2D eigenvalue weighted by molar-refractivity contribution is 7.11. The largest absolute Gasteiger partial charge is 0.381 e. The summed E-state index contributed by atoms with van der Waals surface area (Å²) in [6.45, 7) is 1.70. The first kappa shape index (κ1) is 8.91. The number of hydrogen-bond donors (Lipinski definition) is 0. The molecule has 1 aromatic heterocycles. The molecule has 0 N–H and O–H groups in total. The van der Waals surface area contributed by atoms with Gasteiger partial charge in [-0.15, -0.1) is 11.3 Å². The van der Waals surface area contributed by atoms with Crippen LogP contribution in [0.3, 0.4) is 0 Å². The minimum Gasteiger partial charge on any atom is -0.381 e. The maximum Gasteiger partial charge on any atom is 0.160 e. The summed E-state index contributed by atoms with van der Waals surface area (Å²) < 4.78 is 5.40. The van der Waals surface area contributed by atoms with Crippen LogP contribution in [0.2, 0.25) is 0 Å². The van der Waals surface area contributed by atoms with Crippen molar-refractivity contribution in [2.24, 2.45) is 0 Å². The Morgan fingerprint density at radius 3 is 3.15 bits per heavy atom. The van der Waals surface area contributed by atoms with Gasteiger partial charge in [-0.1, -0.05) is 0 Å². The second kappa shape index (κ2) is 4.03. The van der Waals surface area contributed by atoms with Crippen LogP contribution < -0.4 is 0 Å². The molecule has 2 rings (SSSR count). The zero-order chi connectivity index (χ0) is 9.10. The summed E-state index contributed by atoms with van der Waals surface area (Å²) in [5.41, 5.74) is 1.27. The fraction of sp³-hybridized carbons (Fsp3) is 0.500. The topological polar surface area (TPSA) is 26.3 Å². The summed E-state index contributed by atoms with van der Waals surface area (Å²) in [6.07, 6.45) is 3.24. The molecule has 70 valence electrons. The smallest absolute Gasteiger partial charge is 0.160 e. The average molecular weight is 196 g/mol. The Bertz CT molecular complexity index is 287. The van der Waals surface area contributed by atoms with Gasteiger partial charge in [0.25, 0.3) is 0 Å². The molecule has 1 unspecified atom stereocenters. The molecule has 0 bridgehead atoms. The van der Waals surface area contributed by atoms with Gasteiger partial charge >= 0.3 is 0 Å². The molecule has 1 aliphatic rings. The molecule has 1 saturated heterocycles. The zero-order valence-electron chi connectivity index (χ0n) is 7.36. The van der Waals surface area contributed by atoms with E-state index in [2.05, 4.69) is 5.38 Å². The molecule has 13 heavy (non-hydrogen) atoms. The summed E-state index contributed by atoms with van der Waals surface area (Å²) in [6, 6.07) is 1.98. The second-order valence-corrected chi connectivity index (χ2v) is 4.26. The molecule has 2 nitrogen and oxygen atoms in total. The predicted octanol–water partition coefficient (Wildman–Crippen LogP) is 2.45. The first-order valence-corrected chi connectivity index (χ1v) is 5.39. The van der Waals surface area contributed by atoms with Crippen molar-refractivity contribution in [3.05, 3.63) is 21.9 Å². The molecule has 2 heterocycles. The summed E-state index contributed by atoms with van der Waals surface area (Å²) in [5, 5.41) is 2.07. The summed E-state index contributed by atoms with van der Waals surface area (Å²) >= 11 is 1.52. The fourth-order valence-corrected chi connectivity index (χ4v) is 2.44. The normalized spacial score (nSPS) is 22.9. The van der Waals surface area contributed by atoms with E-state index in [-0.39, 0.29) is 0 Å². The third-order valence-corrected chi connectivity index (χ3v) is 3.26. The fourth-order valence-electron chi connectivity index (χ4n) is 1.65. The number of carbonyl (C=O) groups excluding carboxylic acids is 1. The van der Waals surface area contributed by atoms with Crippen LogP contribution in [0.25, 0.3) is 0 Å². The third-order valence-electron chi connectivity index (χ3n) is 2.39. The number of thiophene rings is 1. The Kier molecular flexibility index (Phi) is 2.76. The molecule has 1 atom stereocenters. The number of rotatable bonds is 2. The molecule has 0 spiro atoms. The molecule has 0 aromatic carbocycles. The van der Waals surface area contributed by atoms with E-state index >= 15 is 0 Å². The SMILES string of the molecule is O=Cc1cc(C2CCCOC2)cs1. The molecule has 0 amide bonds. The monoisotopic (exact) mass is 196 g/mol. The standard InChI is InChI=1S/C10H12O2S/c11-5-10-4-9(7-13-10)8-2-1-3-12-6-8/h4-5,7-8H,1-3,6H2. The Hall–Kier alpha value is -0.670. The lowest BCUT2D eigenvalue weighted by Gasteiger charge is -2.20. The Morgan fingerprint density at radius 1 is 1.62 bits per heavy atom. The van der Waals surface area contributed by atoms with Gasteiger partial charge in [0.1, 0.15) is 0 Å². The van der Waals surface area contributed by atoms with Crippen molar-refractivity contribution in [3.63, 3.8) is 0 Å². The van der Waals surface area contributed by atoms with Crippen LogP contribution >= 0.6 is 11.3 Å². The van der Waals surface area contributed by atoms with Crippen molar-refractivity contribution in [1.82, 2.24) is 0 Å². The maximum atomic E-state index is 10.5. The van der Waals surface area contributed by atoms with Crippen LogP contribution in [0.15, 0.2) is 11.4 Å². The number of carbonyl (C=O) groups is 1. The molecule has 0 aliphatic carbocycles. The van der Waals surface area contributed by atoms with Crippen molar-refractivity contribution >= 4 is 17.6 Å². The first-order valence-electron chi connectivity index (χ1n) is 4.51. The average Bonchev–Trinajstić information content (AvgIpc) is 2.67. The Balaban J connectivity index is 2.09. The van der Waals surface area contributed by atoms with Gasteiger partial charge in [0.05, 0.1) is 11.5 Å². The van der Waals surface area contributed by atoms with E-state index in [1.165, 1.54) is 23.3 Å². The van der Waals surface area contributed by atoms with Gasteiger partial charge in [-0.25, -0.2) is 0 Å². The molecule has 1 aliphatic heterocycles. The van der Waals surface area contributed by atoms with Crippen molar-refractivity contribution in [3.8, 4) is 0 Å². The molecule has 3 heteroatoms. The second-order valence-electron chi connectivity index (χ2n) is 3.31. The quantitative estimate of drug-likeness (QED) is 0.679. The lowest BCUT2D eigenvalue weighted by Crippen LogP contribution is -2.14. The molecule has 1 aromatic rings. The lowest BCUT2D eigenvalue weighted by atomic mass is 9.96. The minimum absolute atomic E-state index is 0.513. The number of aldehydes is 1. The summed E-state index contributed by atoms with van der Waals surface area (Å²) in [7, 11) is 0. The number of ether oxygens (including phenoxy) is 1. The predicted molar refractivity (Wildman–Crippen MR) is 52.5 cm³/mol. The van der Waals surface area contributed by atoms with Crippen LogP contribution in [0, 0.1) is 0 Å². The highest BCUT2D eigenvalue weighted by Gasteiger charge is 2.16. The van der Waals surface area contributed by atoms with E-state index in [9.17, 15) is 4.79 Å². The van der Waals surface area contributed by atoms with Gasteiger partial charge < -0.3 is 4.74 Å². The van der Waals surface area contributed by atoms with E-state index in [0.29, 0.717) is 5.92 Å². The first-order chi connectivity index (χ1) is 6.40. The van der Waals surface area contributed by atoms with Gasteiger partial charge in [-0.05, 0) is 29.9 Å². The molecule has 1 fully saturated rings. The van der Waals surface area contributed by atoms with E-state index in [4.69, 9.17) is 4.74 Å². The highest BCUT2D eigenvalue weighted by atomic mass is 32.1. The molecule has 0 saturated carbocycles. The third kappa shape index (κ3) is 1.98. The van der Waals surface area contributed by atoms with Crippen molar-refractivity contribution in [2.75, 3.05) is 13.2 Å². The Morgan fingerprint density at radius 2 is 2.54 bits per heavy atom. The van der Waals surface area contributed by atoms with Crippen LogP contribution in [-0.2, 0) is 4.74 Å². The lowest BCUT2D eigenvalue weighted by molar-refractivity contribution is 0.0805. The molecular formula is C10H12O2S. The highest BCUT2D eigenvalue weighted by Crippen LogP contribution is 2.28. The summed E-state index contributed by atoms with van der Waals surface area (Å²) in [4.78, 5) is 11.3. The van der Waals surface area contributed by atoms with Crippen molar-refractivity contribution < 1.29 is 9.53 Å².